The zero-order valence-electron chi connectivity index (χ0n) is 14.1. The number of nitrogens with two attached hydrogens (primary N) is 1. The van der Waals surface area contributed by atoms with E-state index in [0.717, 1.165) is 54.3 Å². The van der Waals surface area contributed by atoms with Crippen LogP contribution >= 0.6 is 15.9 Å². The van der Waals surface area contributed by atoms with Crippen LogP contribution in [-0.2, 0) is 28.9 Å². The van der Waals surface area contributed by atoms with Crippen LogP contribution in [-0.4, -0.2) is 34.8 Å². The first kappa shape index (κ1) is 16.6. The lowest BCUT2D eigenvalue weighted by Gasteiger charge is -2.27. The molecule has 6 heteroatoms. The molecular weight excluding hydrogens is 382 g/mol. The summed E-state index contributed by atoms with van der Waals surface area (Å²) in [7, 11) is 0. The Morgan fingerprint density at radius 2 is 2.20 bits per heavy atom. The van der Waals surface area contributed by atoms with Gasteiger partial charge in [-0.1, -0.05) is 22.0 Å². The summed E-state index contributed by atoms with van der Waals surface area (Å²) < 4.78 is 1.06. The van der Waals surface area contributed by atoms with Gasteiger partial charge in [0.15, 0.2) is 0 Å². The van der Waals surface area contributed by atoms with Gasteiger partial charge in [0, 0.05) is 35.1 Å². The molecule has 2 amide bonds. The van der Waals surface area contributed by atoms with Crippen molar-refractivity contribution >= 4 is 38.6 Å². The largest absolute Gasteiger partial charge is 0.369 e. The average Bonchev–Trinajstić information content (AvgIpc) is 3.14. The van der Waals surface area contributed by atoms with E-state index in [1.54, 1.807) is 0 Å². The van der Waals surface area contributed by atoms with Crippen LogP contribution in [0, 0.1) is 5.92 Å². The number of aryl methyl sites for hydroxylation is 1. The molecule has 5 nitrogen and oxygen atoms in total. The smallest absolute Gasteiger partial charge is 0.222 e. The van der Waals surface area contributed by atoms with Gasteiger partial charge in [0.2, 0.25) is 11.8 Å². The summed E-state index contributed by atoms with van der Waals surface area (Å²) in [5.74, 6) is 0.483. The highest BCUT2D eigenvalue weighted by Crippen LogP contribution is 2.37. The number of aromatic nitrogens is 1. The lowest BCUT2D eigenvalue weighted by molar-refractivity contribution is -0.128. The molecule has 1 aliphatic heterocycles. The van der Waals surface area contributed by atoms with Crippen molar-refractivity contribution in [1.29, 1.82) is 0 Å². The second-order valence-electron chi connectivity index (χ2n) is 7.23. The van der Waals surface area contributed by atoms with Gasteiger partial charge in [-0.15, -0.1) is 0 Å². The molecule has 25 heavy (non-hydrogen) atoms. The van der Waals surface area contributed by atoms with Crippen LogP contribution in [0.4, 0.5) is 0 Å². The van der Waals surface area contributed by atoms with E-state index in [1.807, 2.05) is 17.0 Å². The van der Waals surface area contributed by atoms with Crippen molar-refractivity contribution in [3.63, 3.8) is 0 Å². The number of aromatic amines is 1. The van der Waals surface area contributed by atoms with E-state index in [4.69, 9.17) is 5.73 Å². The van der Waals surface area contributed by atoms with Crippen molar-refractivity contribution in [3.8, 4) is 0 Å². The van der Waals surface area contributed by atoms with E-state index < -0.39 is 0 Å². The molecule has 1 fully saturated rings. The second kappa shape index (κ2) is 6.48. The van der Waals surface area contributed by atoms with E-state index in [2.05, 4.69) is 20.9 Å². The Balaban J connectivity index is 1.64. The molecular formula is C19H22BrN3O2. The third-order valence-corrected chi connectivity index (χ3v) is 6.15. The average molecular weight is 404 g/mol. The Bertz CT molecular complexity index is 858. The zero-order valence-corrected chi connectivity index (χ0v) is 15.7. The Kier molecular flexibility index (Phi) is 4.31. The molecule has 1 atom stereocenters. The minimum absolute atomic E-state index is 0.245. The van der Waals surface area contributed by atoms with Crippen LogP contribution < -0.4 is 5.73 Å². The highest BCUT2D eigenvalue weighted by Gasteiger charge is 2.28. The van der Waals surface area contributed by atoms with Crippen LogP contribution in [0.25, 0.3) is 10.9 Å². The Labute approximate surface area is 155 Å². The van der Waals surface area contributed by atoms with Crippen LogP contribution in [0.2, 0.25) is 0 Å². The number of benzene rings is 1. The number of fused-ring (bicyclic) bond motifs is 3. The predicted octanol–water partition coefficient (Wildman–Crippen LogP) is 2.69. The molecule has 0 bridgehead atoms. The van der Waals surface area contributed by atoms with E-state index in [-0.39, 0.29) is 12.3 Å². The third-order valence-electron chi connectivity index (χ3n) is 5.49. The van der Waals surface area contributed by atoms with Crippen molar-refractivity contribution < 1.29 is 9.59 Å². The molecule has 1 aromatic carbocycles. The van der Waals surface area contributed by atoms with Crippen molar-refractivity contribution in [2.75, 3.05) is 13.1 Å². The first-order valence-corrected chi connectivity index (χ1v) is 9.69. The van der Waals surface area contributed by atoms with E-state index in [0.29, 0.717) is 18.2 Å². The van der Waals surface area contributed by atoms with Gasteiger partial charge in [-0.2, -0.15) is 0 Å². The molecule has 0 radical (unpaired) electrons. The molecule has 3 N–H and O–H groups in total. The minimum atomic E-state index is -0.318. The fraction of sp³-hybridized carbons (Fsp3) is 0.474. The van der Waals surface area contributed by atoms with Crippen LogP contribution in [0.5, 0.6) is 0 Å². The third kappa shape index (κ3) is 3.08. The molecule has 1 unspecified atom stereocenters. The number of H-pyrrole nitrogens is 1. The fourth-order valence-corrected chi connectivity index (χ4v) is 4.89. The van der Waals surface area contributed by atoms with Gasteiger partial charge in [-0.25, -0.2) is 0 Å². The van der Waals surface area contributed by atoms with Crippen LogP contribution in [0.1, 0.15) is 36.1 Å². The number of hydrogen-bond acceptors (Lipinski definition) is 2. The summed E-state index contributed by atoms with van der Waals surface area (Å²) in [6.07, 6.45) is 4.99. The SMILES string of the molecule is NC(=O)Cc1ccc(Br)c2c3c([nH]c12)CC(CN1CCCC1=O)CC3. The summed E-state index contributed by atoms with van der Waals surface area (Å²) >= 11 is 3.66. The van der Waals surface area contributed by atoms with Crippen molar-refractivity contribution in [2.24, 2.45) is 11.7 Å². The number of carbonyl (C=O) groups excluding carboxylic acids is 2. The van der Waals surface area contributed by atoms with Gasteiger partial charge in [0.05, 0.1) is 11.9 Å². The van der Waals surface area contributed by atoms with E-state index in [9.17, 15) is 9.59 Å². The van der Waals surface area contributed by atoms with Gasteiger partial charge in [0.25, 0.3) is 0 Å². The molecule has 132 valence electrons. The number of hydrogen-bond donors (Lipinski definition) is 2. The monoisotopic (exact) mass is 403 g/mol. The molecule has 2 heterocycles. The summed E-state index contributed by atoms with van der Waals surface area (Å²) in [6.45, 7) is 1.77. The molecule has 0 saturated carbocycles. The molecule has 2 aliphatic rings. The summed E-state index contributed by atoms with van der Waals surface area (Å²) in [6, 6.07) is 3.96. The first-order valence-electron chi connectivity index (χ1n) is 8.90. The molecule has 1 saturated heterocycles. The highest BCUT2D eigenvalue weighted by molar-refractivity contribution is 9.10. The van der Waals surface area contributed by atoms with Gasteiger partial charge in [0.1, 0.15) is 0 Å². The van der Waals surface area contributed by atoms with Gasteiger partial charge in [-0.3, -0.25) is 9.59 Å². The maximum Gasteiger partial charge on any atom is 0.222 e. The Morgan fingerprint density at radius 3 is 2.92 bits per heavy atom. The number of likely N-dealkylation sites (tertiary alicyclic amines) is 1. The highest BCUT2D eigenvalue weighted by atomic mass is 79.9. The summed E-state index contributed by atoms with van der Waals surface area (Å²) in [5.41, 5.74) is 9.97. The number of halogens is 1. The minimum Gasteiger partial charge on any atom is -0.369 e. The lowest BCUT2D eigenvalue weighted by Crippen LogP contribution is -2.33. The predicted molar refractivity (Wildman–Crippen MR) is 100 cm³/mol. The molecule has 1 aliphatic carbocycles. The second-order valence-corrected chi connectivity index (χ2v) is 8.09. The fourth-order valence-electron chi connectivity index (χ4n) is 4.32. The van der Waals surface area contributed by atoms with E-state index >= 15 is 0 Å². The molecule has 1 aromatic heterocycles. The van der Waals surface area contributed by atoms with Crippen molar-refractivity contribution in [1.82, 2.24) is 9.88 Å². The normalized spacial score (nSPS) is 20.3. The number of nitrogens with zero attached hydrogens (tertiary/aromatic N) is 1. The summed E-state index contributed by atoms with van der Waals surface area (Å²) in [5, 5.41) is 1.18. The molecule has 0 spiro atoms. The lowest BCUT2D eigenvalue weighted by atomic mass is 9.86. The molecule has 2 aromatic rings. The Morgan fingerprint density at radius 1 is 1.36 bits per heavy atom. The number of amides is 2. The van der Waals surface area contributed by atoms with Crippen molar-refractivity contribution in [3.05, 3.63) is 33.4 Å². The summed E-state index contributed by atoms with van der Waals surface area (Å²) in [4.78, 5) is 28.8. The van der Waals surface area contributed by atoms with Crippen molar-refractivity contribution in [2.45, 2.75) is 38.5 Å². The number of rotatable bonds is 4. The van der Waals surface area contributed by atoms with Gasteiger partial charge < -0.3 is 15.6 Å². The quantitative estimate of drug-likeness (QED) is 0.822. The van der Waals surface area contributed by atoms with Crippen LogP contribution in [0.3, 0.4) is 0 Å². The topological polar surface area (TPSA) is 79.2 Å². The molecule has 4 rings (SSSR count). The first-order chi connectivity index (χ1) is 12.0. The number of primary amides is 1. The van der Waals surface area contributed by atoms with Gasteiger partial charge >= 0.3 is 0 Å². The maximum atomic E-state index is 11.9. The maximum absolute atomic E-state index is 11.9. The Hall–Kier alpha value is -1.82. The van der Waals surface area contributed by atoms with Crippen LogP contribution in [0.15, 0.2) is 16.6 Å². The number of nitrogens with one attached hydrogen (secondary N) is 1. The zero-order chi connectivity index (χ0) is 17.6. The standard InChI is InChI=1S/C19H22BrN3O2/c20-14-6-4-12(9-16(21)24)19-18(14)13-5-3-11(8-15(13)22-19)10-23-7-1-2-17(23)25/h4,6,11,22H,1-3,5,7-10H2,(H2,21,24). The number of carbonyl (C=O) groups is 2. The van der Waals surface area contributed by atoms with Gasteiger partial charge in [-0.05, 0) is 48.8 Å². The van der Waals surface area contributed by atoms with E-state index in [1.165, 1.54) is 16.6 Å².